The van der Waals surface area contributed by atoms with Crippen LogP contribution in [0.25, 0.3) is 10.9 Å². The van der Waals surface area contributed by atoms with Gasteiger partial charge in [-0.25, -0.2) is 4.79 Å². The topological polar surface area (TPSA) is 122 Å². The van der Waals surface area contributed by atoms with Crippen LogP contribution < -0.4 is 11.1 Å². The molecule has 12 heteroatoms. The predicted molar refractivity (Wildman–Crippen MR) is 152 cm³/mol. The highest BCUT2D eigenvalue weighted by Crippen LogP contribution is 2.30. The van der Waals surface area contributed by atoms with Gasteiger partial charge in [0.2, 0.25) is 0 Å². The van der Waals surface area contributed by atoms with E-state index in [4.69, 9.17) is 15.7 Å². The molecule has 2 aromatic carbocycles. The third-order valence-corrected chi connectivity index (χ3v) is 7.27. The van der Waals surface area contributed by atoms with Gasteiger partial charge in [-0.05, 0) is 75.8 Å². The van der Waals surface area contributed by atoms with Gasteiger partial charge in [0, 0.05) is 42.6 Å². The number of oxime groups is 1. The number of halogens is 3. The van der Waals surface area contributed by atoms with Crippen LogP contribution in [0.5, 0.6) is 0 Å². The largest absolute Gasteiger partial charge is 0.444 e. The number of fused-ring (bicyclic) bond motifs is 1. The molecule has 1 fully saturated rings. The van der Waals surface area contributed by atoms with Gasteiger partial charge in [0.05, 0.1) is 5.56 Å². The zero-order valence-electron chi connectivity index (χ0n) is 23.9. The quantitative estimate of drug-likeness (QED) is 0.144. The molecule has 0 unspecified atom stereocenters. The summed E-state index contributed by atoms with van der Waals surface area (Å²) < 4.78 is 46.3. The molecule has 1 aromatic heterocycles. The lowest BCUT2D eigenvalue weighted by molar-refractivity contribution is -0.137. The second-order valence-corrected chi connectivity index (χ2v) is 11.5. The Balaban J connectivity index is 1.51. The number of carbonyl (C=O) groups is 2. The first-order valence-electron chi connectivity index (χ1n) is 13.8. The second kappa shape index (κ2) is 12.3. The summed E-state index contributed by atoms with van der Waals surface area (Å²) in [7, 11) is 0. The number of nitrogens with one attached hydrogen (secondary N) is 1. The van der Waals surface area contributed by atoms with E-state index in [1.54, 1.807) is 54.5 Å². The number of hydrogen-bond donors (Lipinski definition) is 3. The minimum absolute atomic E-state index is 0.102. The smallest absolute Gasteiger partial charge is 0.416 e. The van der Waals surface area contributed by atoms with E-state index in [0.29, 0.717) is 47.9 Å². The molecule has 226 valence electrons. The molecule has 9 nitrogen and oxygen atoms in total. The first kappa shape index (κ1) is 30.7. The maximum atomic E-state index is 13.8. The van der Waals surface area contributed by atoms with E-state index in [2.05, 4.69) is 10.5 Å². The summed E-state index contributed by atoms with van der Waals surface area (Å²) in [6.07, 6.45) is -2.59. The molecule has 0 spiro atoms. The van der Waals surface area contributed by atoms with Gasteiger partial charge < -0.3 is 30.5 Å². The molecular weight excluding hydrogens is 551 g/mol. The number of ether oxygens (including phenoxy) is 1. The summed E-state index contributed by atoms with van der Waals surface area (Å²) in [5.41, 5.74) is 6.53. The van der Waals surface area contributed by atoms with Crippen LogP contribution in [0, 0.1) is 5.92 Å². The molecule has 2 amide bonds. The Morgan fingerprint density at radius 3 is 2.33 bits per heavy atom. The number of nitrogens with zero attached hydrogens (tertiary/aromatic N) is 3. The number of hydrogen-bond acceptors (Lipinski definition) is 5. The van der Waals surface area contributed by atoms with E-state index >= 15 is 0 Å². The number of benzene rings is 2. The molecule has 42 heavy (non-hydrogen) atoms. The minimum Gasteiger partial charge on any atom is -0.444 e. The number of alkyl carbamates (subject to hydrolysis) is 1. The highest BCUT2D eigenvalue weighted by atomic mass is 19.4. The monoisotopic (exact) mass is 587 g/mol. The van der Waals surface area contributed by atoms with Crippen molar-refractivity contribution in [2.75, 3.05) is 19.6 Å². The zero-order chi connectivity index (χ0) is 30.7. The van der Waals surface area contributed by atoms with E-state index in [9.17, 15) is 22.8 Å². The average molecular weight is 588 g/mol. The lowest BCUT2D eigenvalue weighted by Crippen LogP contribution is -2.40. The number of amidine groups is 1. The highest BCUT2D eigenvalue weighted by Gasteiger charge is 2.30. The molecule has 0 radical (unpaired) electrons. The fraction of sp³-hybridized carbons (Fsp3) is 0.433. The summed E-state index contributed by atoms with van der Waals surface area (Å²) in [6.45, 7) is 7.12. The van der Waals surface area contributed by atoms with Crippen molar-refractivity contribution in [1.82, 2.24) is 14.8 Å². The molecule has 1 aliphatic heterocycles. The van der Waals surface area contributed by atoms with Crippen LogP contribution in [-0.2, 0) is 17.5 Å². The maximum absolute atomic E-state index is 13.8. The Morgan fingerprint density at radius 1 is 1.07 bits per heavy atom. The molecule has 2 heterocycles. The number of likely N-dealkylation sites (tertiary alicyclic amines) is 1. The molecule has 1 saturated heterocycles. The number of amides is 2. The van der Waals surface area contributed by atoms with Crippen molar-refractivity contribution in [1.29, 1.82) is 0 Å². The molecule has 0 atom stereocenters. The van der Waals surface area contributed by atoms with E-state index < -0.39 is 23.4 Å². The average Bonchev–Trinajstić information content (AvgIpc) is 3.28. The summed E-state index contributed by atoms with van der Waals surface area (Å²) in [5, 5.41) is 15.7. The van der Waals surface area contributed by atoms with Crippen LogP contribution in [-0.4, -0.2) is 57.7 Å². The normalized spacial score (nSPS) is 15.2. The van der Waals surface area contributed by atoms with E-state index in [1.807, 2.05) is 0 Å². The third kappa shape index (κ3) is 7.54. The van der Waals surface area contributed by atoms with Gasteiger partial charge in [0.15, 0.2) is 5.84 Å². The molecule has 3 aromatic rings. The van der Waals surface area contributed by atoms with Gasteiger partial charge >= 0.3 is 12.3 Å². The van der Waals surface area contributed by atoms with Gasteiger partial charge in [-0.3, -0.25) is 4.79 Å². The molecular formula is C30H36F3N5O4. The van der Waals surface area contributed by atoms with Crippen LogP contribution in [0.15, 0.2) is 53.7 Å². The van der Waals surface area contributed by atoms with Crippen molar-refractivity contribution >= 4 is 28.7 Å². The SMILES string of the molecule is CC(C)(C)OC(=O)NCCC1CCN(C(=O)c2cc3ccc(C(N)=NO)cc3n2Cc2ccc(C(F)(F)F)cc2)CC1. The Morgan fingerprint density at radius 2 is 1.74 bits per heavy atom. The van der Waals surface area contributed by atoms with Crippen molar-refractivity contribution in [3.63, 3.8) is 0 Å². The van der Waals surface area contributed by atoms with Crippen LogP contribution in [0.1, 0.15) is 67.2 Å². The molecule has 1 aliphatic rings. The Labute approximate surface area is 242 Å². The predicted octanol–water partition coefficient (Wildman–Crippen LogP) is 5.57. The van der Waals surface area contributed by atoms with E-state index in [1.165, 1.54) is 12.1 Å². The summed E-state index contributed by atoms with van der Waals surface area (Å²) in [4.78, 5) is 27.5. The third-order valence-electron chi connectivity index (χ3n) is 7.27. The van der Waals surface area contributed by atoms with Gasteiger partial charge in [-0.15, -0.1) is 0 Å². The van der Waals surface area contributed by atoms with E-state index in [0.717, 1.165) is 36.8 Å². The van der Waals surface area contributed by atoms with Crippen molar-refractivity contribution in [2.45, 2.75) is 58.4 Å². The first-order valence-corrected chi connectivity index (χ1v) is 13.8. The Hall–Kier alpha value is -4.22. The van der Waals surface area contributed by atoms with Crippen LogP contribution >= 0.6 is 0 Å². The standard InChI is InChI=1S/C30H36F3N5O4/c1-29(2,3)42-28(40)35-13-10-19-11-14-37(15-12-19)27(39)25-16-21-6-7-22(26(34)36-41)17-24(21)38(25)18-20-4-8-23(9-5-20)30(31,32)33/h4-9,16-17,19,41H,10-15,18H2,1-3H3,(H2,34,36)(H,35,40). The van der Waals surface area contributed by atoms with Gasteiger partial charge in [-0.1, -0.05) is 29.4 Å². The fourth-order valence-corrected chi connectivity index (χ4v) is 5.08. The number of carbonyl (C=O) groups excluding carboxylic acids is 2. The first-order chi connectivity index (χ1) is 19.7. The number of aromatic nitrogens is 1. The number of piperidine rings is 1. The van der Waals surface area contributed by atoms with Gasteiger partial charge in [-0.2, -0.15) is 13.2 Å². The zero-order valence-corrected chi connectivity index (χ0v) is 23.9. The van der Waals surface area contributed by atoms with E-state index in [-0.39, 0.29) is 18.3 Å². The fourth-order valence-electron chi connectivity index (χ4n) is 5.08. The summed E-state index contributed by atoms with van der Waals surface area (Å²) in [5.74, 6) is 0.0503. The van der Waals surface area contributed by atoms with Crippen LogP contribution in [0.3, 0.4) is 0 Å². The molecule has 4 N–H and O–H groups in total. The Bertz CT molecular complexity index is 1450. The number of alkyl halides is 3. The lowest BCUT2D eigenvalue weighted by Gasteiger charge is -2.32. The van der Waals surface area contributed by atoms with Gasteiger partial charge in [0.25, 0.3) is 5.91 Å². The lowest BCUT2D eigenvalue weighted by atomic mass is 9.93. The second-order valence-electron chi connectivity index (χ2n) is 11.5. The van der Waals surface area contributed by atoms with Crippen molar-refractivity contribution < 1.29 is 32.7 Å². The number of rotatable bonds is 7. The highest BCUT2D eigenvalue weighted by molar-refractivity contribution is 6.03. The molecule has 0 saturated carbocycles. The summed E-state index contributed by atoms with van der Waals surface area (Å²) in [6, 6.07) is 11.7. The molecule has 4 rings (SSSR count). The van der Waals surface area contributed by atoms with Crippen LogP contribution in [0.4, 0.5) is 18.0 Å². The summed E-state index contributed by atoms with van der Waals surface area (Å²) >= 11 is 0. The molecule has 0 bridgehead atoms. The van der Waals surface area contributed by atoms with Crippen molar-refractivity contribution in [3.05, 3.63) is 70.9 Å². The molecule has 0 aliphatic carbocycles. The Kier molecular flexibility index (Phi) is 9.03. The maximum Gasteiger partial charge on any atom is 0.416 e. The number of nitrogens with two attached hydrogens (primary N) is 1. The van der Waals surface area contributed by atoms with Crippen molar-refractivity contribution in [3.8, 4) is 0 Å². The van der Waals surface area contributed by atoms with Gasteiger partial charge in [0.1, 0.15) is 11.3 Å². The minimum atomic E-state index is -4.45. The van der Waals surface area contributed by atoms with Crippen molar-refractivity contribution in [2.24, 2.45) is 16.8 Å². The van der Waals surface area contributed by atoms with Crippen LogP contribution in [0.2, 0.25) is 0 Å².